The third-order valence-corrected chi connectivity index (χ3v) is 4.83. The van der Waals surface area contributed by atoms with Crippen molar-refractivity contribution in [3.63, 3.8) is 0 Å². The van der Waals surface area contributed by atoms with Crippen LogP contribution in [0.1, 0.15) is 6.92 Å². The minimum atomic E-state index is -0.486. The molecule has 1 unspecified atom stereocenters. The number of fused-ring (bicyclic) bond motifs is 1. The summed E-state index contributed by atoms with van der Waals surface area (Å²) in [6, 6.07) is 10.2. The smallest absolute Gasteiger partial charge is 0.258 e. The molecule has 1 saturated heterocycles. The molecule has 0 bridgehead atoms. The molecule has 1 N–H and O–H groups in total. The third kappa shape index (κ3) is 3.38. The molecule has 1 fully saturated rings. The fourth-order valence-corrected chi connectivity index (χ4v) is 3.42. The molecule has 3 aromatic rings. The van der Waals surface area contributed by atoms with Gasteiger partial charge in [-0.3, -0.25) is 9.20 Å². The molecule has 0 spiro atoms. The lowest BCUT2D eigenvalue weighted by Gasteiger charge is -2.33. The monoisotopic (exact) mass is 368 g/mol. The molecular weight excluding hydrogens is 347 g/mol. The summed E-state index contributed by atoms with van der Waals surface area (Å²) in [4.78, 5) is 19.4. The highest BCUT2D eigenvalue weighted by atomic mass is 19.1. The number of aromatic nitrogens is 2. The Labute approximate surface area is 156 Å². The molecular formula is C20H21FN4O2. The van der Waals surface area contributed by atoms with E-state index in [1.54, 1.807) is 6.07 Å². The van der Waals surface area contributed by atoms with Crippen molar-refractivity contribution in [2.45, 2.75) is 13.0 Å². The van der Waals surface area contributed by atoms with Crippen LogP contribution >= 0.6 is 0 Å². The van der Waals surface area contributed by atoms with E-state index in [1.165, 1.54) is 29.7 Å². The van der Waals surface area contributed by atoms with Crippen molar-refractivity contribution in [3.8, 4) is 17.0 Å². The van der Waals surface area contributed by atoms with Crippen molar-refractivity contribution >= 4 is 11.3 Å². The SMILES string of the molecule is COc1ccc(-c2cc(=O)n3cc(N4CCNC(C)C4)ccc3n2)cc1F. The van der Waals surface area contributed by atoms with Crippen LogP contribution in [0, 0.1) is 5.82 Å². The van der Waals surface area contributed by atoms with Crippen molar-refractivity contribution in [2.24, 2.45) is 0 Å². The first-order chi connectivity index (χ1) is 13.0. The normalized spacial score (nSPS) is 17.3. The summed E-state index contributed by atoms with van der Waals surface area (Å²) in [7, 11) is 1.41. The second-order valence-electron chi connectivity index (χ2n) is 6.75. The average molecular weight is 368 g/mol. The summed E-state index contributed by atoms with van der Waals surface area (Å²) in [5.74, 6) is -0.327. The predicted molar refractivity (Wildman–Crippen MR) is 103 cm³/mol. The van der Waals surface area contributed by atoms with Crippen LogP contribution in [0.4, 0.5) is 10.1 Å². The summed E-state index contributed by atoms with van der Waals surface area (Å²) in [5, 5.41) is 3.41. The van der Waals surface area contributed by atoms with Crippen molar-refractivity contribution in [3.05, 3.63) is 58.8 Å². The Bertz CT molecular complexity index is 1050. The van der Waals surface area contributed by atoms with Gasteiger partial charge in [-0.2, -0.15) is 0 Å². The molecule has 0 aliphatic carbocycles. The van der Waals surface area contributed by atoms with Crippen LogP contribution in [0.3, 0.4) is 0 Å². The molecule has 1 aromatic carbocycles. The molecule has 27 heavy (non-hydrogen) atoms. The van der Waals surface area contributed by atoms with Crippen molar-refractivity contribution in [2.75, 3.05) is 31.6 Å². The maximum atomic E-state index is 14.0. The topological polar surface area (TPSA) is 58.9 Å². The van der Waals surface area contributed by atoms with E-state index in [9.17, 15) is 9.18 Å². The van der Waals surface area contributed by atoms with Gasteiger partial charge in [0.05, 0.1) is 18.5 Å². The van der Waals surface area contributed by atoms with E-state index in [4.69, 9.17) is 4.74 Å². The molecule has 0 amide bonds. The van der Waals surface area contributed by atoms with E-state index < -0.39 is 5.82 Å². The van der Waals surface area contributed by atoms with Crippen LogP contribution in [-0.2, 0) is 0 Å². The zero-order chi connectivity index (χ0) is 19.0. The summed E-state index contributed by atoms with van der Waals surface area (Å²) < 4.78 is 20.5. The molecule has 6 nitrogen and oxygen atoms in total. The van der Waals surface area contributed by atoms with E-state index in [1.807, 2.05) is 18.3 Å². The quantitative estimate of drug-likeness (QED) is 0.769. The summed E-state index contributed by atoms with van der Waals surface area (Å²) in [5.41, 5.74) is 2.29. The second kappa shape index (κ2) is 7.00. The average Bonchev–Trinajstić information content (AvgIpc) is 2.67. The van der Waals surface area contributed by atoms with Gasteiger partial charge in [0, 0.05) is 43.5 Å². The fraction of sp³-hybridized carbons (Fsp3) is 0.300. The standard InChI is InChI=1S/C20H21FN4O2/c1-13-11-24(8-7-22-13)15-4-6-19-23-17(10-20(26)25(19)12-15)14-3-5-18(27-2)16(21)9-14/h3-6,9-10,12-13,22H,7-8,11H2,1-2H3. The van der Waals surface area contributed by atoms with E-state index in [0.717, 1.165) is 25.3 Å². The van der Waals surface area contributed by atoms with Crippen LogP contribution in [0.15, 0.2) is 47.4 Å². The zero-order valence-electron chi connectivity index (χ0n) is 15.3. The number of methoxy groups -OCH3 is 1. The molecule has 0 radical (unpaired) electrons. The van der Waals surface area contributed by atoms with Gasteiger partial charge < -0.3 is 15.0 Å². The van der Waals surface area contributed by atoms with Crippen LogP contribution < -0.4 is 20.5 Å². The van der Waals surface area contributed by atoms with E-state index in [-0.39, 0.29) is 11.3 Å². The first kappa shape index (κ1) is 17.5. The highest BCUT2D eigenvalue weighted by Gasteiger charge is 2.17. The van der Waals surface area contributed by atoms with Gasteiger partial charge >= 0.3 is 0 Å². The number of rotatable bonds is 3. The van der Waals surface area contributed by atoms with Gasteiger partial charge in [0.15, 0.2) is 11.6 Å². The van der Waals surface area contributed by atoms with Gasteiger partial charge in [0.2, 0.25) is 0 Å². The number of benzene rings is 1. The number of hydrogen-bond donors (Lipinski definition) is 1. The molecule has 3 heterocycles. The predicted octanol–water partition coefficient (Wildman–Crippen LogP) is 2.31. The largest absolute Gasteiger partial charge is 0.494 e. The summed E-state index contributed by atoms with van der Waals surface area (Å²) in [6.45, 7) is 4.83. The Balaban J connectivity index is 1.73. The van der Waals surface area contributed by atoms with Crippen molar-refractivity contribution in [1.29, 1.82) is 0 Å². The lowest BCUT2D eigenvalue weighted by molar-refractivity contribution is 0.386. The van der Waals surface area contributed by atoms with Crippen LogP contribution in [-0.4, -0.2) is 42.2 Å². The number of ether oxygens (including phenoxy) is 1. The number of pyridine rings is 1. The second-order valence-corrected chi connectivity index (χ2v) is 6.75. The lowest BCUT2D eigenvalue weighted by atomic mass is 10.1. The first-order valence-electron chi connectivity index (χ1n) is 8.91. The van der Waals surface area contributed by atoms with Gasteiger partial charge in [-0.25, -0.2) is 9.37 Å². The molecule has 1 atom stereocenters. The van der Waals surface area contributed by atoms with Crippen LogP contribution in [0.5, 0.6) is 5.75 Å². The van der Waals surface area contributed by atoms with Gasteiger partial charge in [0.25, 0.3) is 5.56 Å². The third-order valence-electron chi connectivity index (χ3n) is 4.83. The van der Waals surface area contributed by atoms with Crippen molar-refractivity contribution in [1.82, 2.24) is 14.7 Å². The van der Waals surface area contributed by atoms with E-state index in [0.29, 0.717) is 22.9 Å². The van der Waals surface area contributed by atoms with E-state index >= 15 is 0 Å². The van der Waals surface area contributed by atoms with Gasteiger partial charge in [-0.05, 0) is 37.3 Å². The van der Waals surface area contributed by atoms with Crippen LogP contribution in [0.25, 0.3) is 16.9 Å². The van der Waals surface area contributed by atoms with Gasteiger partial charge in [-0.15, -0.1) is 0 Å². The van der Waals surface area contributed by atoms with Crippen molar-refractivity contribution < 1.29 is 9.13 Å². The van der Waals surface area contributed by atoms with Crippen LogP contribution in [0.2, 0.25) is 0 Å². The first-order valence-corrected chi connectivity index (χ1v) is 8.91. The highest BCUT2D eigenvalue weighted by molar-refractivity contribution is 5.63. The Morgan fingerprint density at radius 2 is 2.11 bits per heavy atom. The van der Waals surface area contributed by atoms with Gasteiger partial charge in [0.1, 0.15) is 5.65 Å². The summed E-state index contributed by atoms with van der Waals surface area (Å²) >= 11 is 0. The van der Waals surface area contributed by atoms with E-state index in [2.05, 4.69) is 22.1 Å². The maximum absolute atomic E-state index is 14.0. The minimum absolute atomic E-state index is 0.158. The maximum Gasteiger partial charge on any atom is 0.258 e. The number of hydrogen-bond acceptors (Lipinski definition) is 5. The Hall–Kier alpha value is -2.93. The lowest BCUT2D eigenvalue weighted by Crippen LogP contribution is -2.49. The molecule has 1 aliphatic heterocycles. The molecule has 0 saturated carbocycles. The Morgan fingerprint density at radius 3 is 2.85 bits per heavy atom. The highest BCUT2D eigenvalue weighted by Crippen LogP contribution is 2.24. The number of nitrogens with zero attached hydrogens (tertiary/aromatic N) is 3. The number of piperazine rings is 1. The summed E-state index contributed by atoms with van der Waals surface area (Å²) in [6.07, 6.45) is 1.82. The molecule has 4 rings (SSSR count). The molecule has 7 heteroatoms. The molecule has 2 aromatic heterocycles. The number of nitrogens with one attached hydrogen (secondary N) is 1. The fourth-order valence-electron chi connectivity index (χ4n) is 3.42. The number of anilines is 1. The zero-order valence-corrected chi connectivity index (χ0v) is 15.3. The number of halogens is 1. The Kier molecular flexibility index (Phi) is 4.53. The minimum Gasteiger partial charge on any atom is -0.494 e. The molecule has 1 aliphatic rings. The molecule has 140 valence electrons. The van der Waals surface area contributed by atoms with Gasteiger partial charge in [-0.1, -0.05) is 0 Å². The Morgan fingerprint density at radius 1 is 1.26 bits per heavy atom.